The third-order valence-electron chi connectivity index (χ3n) is 0.844. The largest absolute Gasteiger partial charge is 0.479 e. The van der Waals surface area contributed by atoms with Crippen LogP contribution in [0.5, 0.6) is 0 Å². The molecule has 0 aromatic carbocycles. The van der Waals surface area contributed by atoms with E-state index >= 15 is 0 Å². The standard InChI is InChI=1S/C4H7NO5/c5-3(8)1(6)2(7)4(9)10/h1-2,6-7H,(H2,5,8)(H,9,10)/t1-,2+/m0/s1. The minimum absolute atomic E-state index is 1.27. The van der Waals surface area contributed by atoms with Gasteiger partial charge in [0.25, 0.3) is 0 Å². The van der Waals surface area contributed by atoms with Gasteiger partial charge in [0.1, 0.15) is 0 Å². The number of aliphatic carboxylic acids is 1. The zero-order valence-corrected chi connectivity index (χ0v) is 4.89. The molecule has 0 heterocycles. The predicted octanol–water partition coefficient (Wildman–Crippen LogP) is -2.72. The van der Waals surface area contributed by atoms with Crippen LogP contribution in [0.2, 0.25) is 0 Å². The zero-order valence-electron chi connectivity index (χ0n) is 4.89. The van der Waals surface area contributed by atoms with Crippen molar-refractivity contribution in [1.82, 2.24) is 0 Å². The Labute approximate surface area is 55.9 Å². The van der Waals surface area contributed by atoms with Crippen molar-refractivity contribution in [1.29, 1.82) is 0 Å². The lowest BCUT2D eigenvalue weighted by Crippen LogP contribution is -2.43. The van der Waals surface area contributed by atoms with Gasteiger partial charge in [0, 0.05) is 0 Å². The first-order valence-corrected chi connectivity index (χ1v) is 2.35. The van der Waals surface area contributed by atoms with Crippen LogP contribution >= 0.6 is 0 Å². The number of aliphatic hydroxyl groups is 2. The lowest BCUT2D eigenvalue weighted by atomic mass is 10.2. The van der Waals surface area contributed by atoms with Crippen molar-refractivity contribution < 1.29 is 24.9 Å². The Hall–Kier alpha value is -1.14. The van der Waals surface area contributed by atoms with Crippen LogP contribution in [0, 0.1) is 0 Å². The Morgan fingerprint density at radius 1 is 1.20 bits per heavy atom. The first-order valence-electron chi connectivity index (χ1n) is 2.35. The van der Waals surface area contributed by atoms with Gasteiger partial charge in [0.15, 0.2) is 12.2 Å². The fraction of sp³-hybridized carbons (Fsp3) is 0.500. The average molecular weight is 149 g/mol. The van der Waals surface area contributed by atoms with E-state index in [0.29, 0.717) is 0 Å². The molecule has 0 radical (unpaired) electrons. The van der Waals surface area contributed by atoms with Crippen molar-refractivity contribution in [2.24, 2.45) is 5.73 Å². The van der Waals surface area contributed by atoms with E-state index in [4.69, 9.17) is 15.3 Å². The molecule has 5 N–H and O–H groups in total. The Kier molecular flexibility index (Phi) is 2.78. The highest BCUT2D eigenvalue weighted by atomic mass is 16.4. The van der Waals surface area contributed by atoms with E-state index in [1.165, 1.54) is 0 Å². The lowest BCUT2D eigenvalue weighted by Gasteiger charge is -2.08. The number of nitrogens with two attached hydrogens (primary N) is 1. The first kappa shape index (κ1) is 8.86. The van der Waals surface area contributed by atoms with Gasteiger partial charge in [0.2, 0.25) is 5.91 Å². The highest BCUT2D eigenvalue weighted by Gasteiger charge is 2.27. The lowest BCUT2D eigenvalue weighted by molar-refractivity contribution is -0.157. The molecule has 0 saturated heterocycles. The summed E-state index contributed by atoms with van der Waals surface area (Å²) in [6, 6.07) is 0. The van der Waals surface area contributed by atoms with Crippen molar-refractivity contribution in [3.63, 3.8) is 0 Å². The van der Waals surface area contributed by atoms with Crippen LogP contribution in [0.3, 0.4) is 0 Å². The Morgan fingerprint density at radius 2 is 1.60 bits per heavy atom. The number of amides is 1. The molecule has 0 spiro atoms. The van der Waals surface area contributed by atoms with Gasteiger partial charge < -0.3 is 21.1 Å². The third-order valence-corrected chi connectivity index (χ3v) is 0.844. The molecule has 0 aliphatic rings. The number of carboxylic acids is 1. The van der Waals surface area contributed by atoms with Gasteiger partial charge in [-0.2, -0.15) is 0 Å². The normalized spacial score (nSPS) is 15.8. The summed E-state index contributed by atoms with van der Waals surface area (Å²) in [5.74, 6) is -2.96. The van der Waals surface area contributed by atoms with E-state index in [2.05, 4.69) is 5.73 Å². The quantitative estimate of drug-likeness (QED) is 0.347. The number of carbonyl (C=O) groups is 2. The molecule has 6 nitrogen and oxygen atoms in total. The first-order chi connectivity index (χ1) is 4.46. The van der Waals surface area contributed by atoms with E-state index in [1.807, 2.05) is 0 Å². The van der Waals surface area contributed by atoms with Gasteiger partial charge in [-0.15, -0.1) is 0 Å². The SMILES string of the molecule is NC(=O)[C@@H](O)[C@@H](O)C(=O)O. The van der Waals surface area contributed by atoms with Crippen molar-refractivity contribution >= 4 is 11.9 Å². The summed E-state index contributed by atoms with van der Waals surface area (Å²) in [7, 11) is 0. The van der Waals surface area contributed by atoms with E-state index in [1.54, 1.807) is 0 Å². The van der Waals surface area contributed by atoms with E-state index in [-0.39, 0.29) is 0 Å². The molecule has 2 atom stereocenters. The van der Waals surface area contributed by atoms with Crippen molar-refractivity contribution in [2.45, 2.75) is 12.2 Å². The number of carbonyl (C=O) groups excluding carboxylic acids is 1. The summed E-state index contributed by atoms with van der Waals surface area (Å²) in [4.78, 5) is 19.8. The molecule has 10 heavy (non-hydrogen) atoms. The van der Waals surface area contributed by atoms with Gasteiger partial charge in [-0.3, -0.25) is 4.79 Å². The van der Waals surface area contributed by atoms with Gasteiger partial charge >= 0.3 is 5.97 Å². The van der Waals surface area contributed by atoms with Gasteiger partial charge in [-0.25, -0.2) is 4.79 Å². The molecule has 0 aromatic rings. The Balaban J connectivity index is 4.07. The number of aliphatic hydroxyl groups excluding tert-OH is 2. The predicted molar refractivity (Wildman–Crippen MR) is 28.8 cm³/mol. The third kappa shape index (κ3) is 2.00. The van der Waals surface area contributed by atoms with Gasteiger partial charge in [-0.1, -0.05) is 0 Å². The maximum absolute atomic E-state index is 9.99. The summed E-state index contributed by atoms with van der Waals surface area (Å²) in [5, 5.41) is 24.9. The molecule has 0 aliphatic carbocycles. The summed E-state index contributed by atoms with van der Waals surface area (Å²) >= 11 is 0. The topological polar surface area (TPSA) is 121 Å². The molecular weight excluding hydrogens is 142 g/mol. The van der Waals surface area contributed by atoms with Gasteiger partial charge in [-0.05, 0) is 0 Å². The number of primary amides is 1. The Bertz CT molecular complexity index is 138. The highest BCUT2D eigenvalue weighted by molar-refractivity contribution is 5.86. The van der Waals surface area contributed by atoms with Crippen molar-refractivity contribution in [3.05, 3.63) is 0 Å². The molecule has 0 saturated carbocycles. The summed E-state index contributed by atoms with van der Waals surface area (Å²) in [5.41, 5.74) is 4.46. The second kappa shape index (κ2) is 3.14. The Morgan fingerprint density at radius 3 is 1.70 bits per heavy atom. The second-order valence-electron chi connectivity index (χ2n) is 1.63. The monoisotopic (exact) mass is 149 g/mol. The number of hydrogen-bond acceptors (Lipinski definition) is 4. The molecular formula is C4H7NO5. The number of hydrogen-bond donors (Lipinski definition) is 4. The second-order valence-corrected chi connectivity index (χ2v) is 1.63. The minimum Gasteiger partial charge on any atom is -0.479 e. The van der Waals surface area contributed by atoms with Crippen LogP contribution < -0.4 is 5.73 Å². The molecule has 58 valence electrons. The molecule has 0 unspecified atom stereocenters. The minimum atomic E-state index is -2.14. The molecule has 0 aromatic heterocycles. The molecule has 1 amide bonds. The van der Waals surface area contributed by atoms with Crippen LogP contribution in [0.4, 0.5) is 0 Å². The smallest absolute Gasteiger partial charge is 0.335 e. The zero-order chi connectivity index (χ0) is 8.31. The molecule has 0 fully saturated rings. The van der Waals surface area contributed by atoms with E-state index in [9.17, 15) is 9.59 Å². The van der Waals surface area contributed by atoms with Crippen molar-refractivity contribution in [3.8, 4) is 0 Å². The average Bonchev–Trinajstić information content (AvgIpc) is 1.84. The molecule has 0 bridgehead atoms. The molecule has 0 rings (SSSR count). The molecule has 0 aliphatic heterocycles. The number of rotatable bonds is 3. The maximum atomic E-state index is 9.99. The van der Waals surface area contributed by atoms with Crippen molar-refractivity contribution in [2.75, 3.05) is 0 Å². The summed E-state index contributed by atoms with van der Waals surface area (Å²) in [6.45, 7) is 0. The fourth-order valence-electron chi connectivity index (χ4n) is 0.291. The van der Waals surface area contributed by atoms with E-state index in [0.717, 1.165) is 0 Å². The van der Waals surface area contributed by atoms with Crippen LogP contribution in [-0.2, 0) is 9.59 Å². The summed E-state index contributed by atoms with van der Waals surface area (Å²) < 4.78 is 0. The maximum Gasteiger partial charge on any atom is 0.335 e. The molecule has 6 heteroatoms. The highest BCUT2D eigenvalue weighted by Crippen LogP contribution is 1.91. The fourth-order valence-corrected chi connectivity index (χ4v) is 0.291. The summed E-state index contributed by atoms with van der Waals surface area (Å²) in [6.07, 6.45) is -4.19. The number of carboxylic acid groups (broad SMARTS) is 1. The van der Waals surface area contributed by atoms with Crippen LogP contribution in [-0.4, -0.2) is 39.4 Å². The van der Waals surface area contributed by atoms with Gasteiger partial charge in [0.05, 0.1) is 0 Å². The van der Waals surface area contributed by atoms with Crippen LogP contribution in [0.25, 0.3) is 0 Å². The van der Waals surface area contributed by atoms with E-state index < -0.39 is 24.1 Å². The van der Waals surface area contributed by atoms with Crippen LogP contribution in [0.1, 0.15) is 0 Å². The van der Waals surface area contributed by atoms with Crippen LogP contribution in [0.15, 0.2) is 0 Å².